The first-order valence-electron chi connectivity index (χ1n) is 6.80. The Hall–Kier alpha value is -3.03. The van der Waals surface area contributed by atoms with Crippen LogP contribution >= 0.6 is 0 Å². The number of ether oxygens (including phenoxy) is 2. The van der Waals surface area contributed by atoms with Gasteiger partial charge in [0.2, 0.25) is 12.7 Å². The van der Waals surface area contributed by atoms with E-state index in [4.69, 9.17) is 15.2 Å². The molecule has 0 bridgehead atoms. The van der Waals surface area contributed by atoms with E-state index in [2.05, 4.69) is 15.0 Å². The highest BCUT2D eigenvalue weighted by molar-refractivity contribution is 5.69. The van der Waals surface area contributed by atoms with Gasteiger partial charge in [-0.1, -0.05) is 6.07 Å². The van der Waals surface area contributed by atoms with Gasteiger partial charge < -0.3 is 20.2 Å². The standard InChI is InChI=1S/C14H13N5O3/c15-14-18-12-11(16-6-17-12)13(20)19(14)4-3-8-1-2-9-10(5-8)22-7-21-9/h1-2,5-6H,3-4,7H2,(H2,15,18)(H,16,17). The molecule has 8 heteroatoms. The van der Waals surface area contributed by atoms with Crippen molar-refractivity contribution in [2.75, 3.05) is 12.5 Å². The Morgan fingerprint density at radius 1 is 1.32 bits per heavy atom. The average molecular weight is 299 g/mol. The van der Waals surface area contributed by atoms with Crippen molar-refractivity contribution in [3.8, 4) is 11.5 Å². The molecular formula is C14H13N5O3. The molecule has 3 heterocycles. The maximum Gasteiger partial charge on any atom is 0.280 e. The van der Waals surface area contributed by atoms with Crippen molar-refractivity contribution in [2.45, 2.75) is 13.0 Å². The number of aromatic amines is 1. The van der Waals surface area contributed by atoms with Crippen molar-refractivity contribution in [1.29, 1.82) is 0 Å². The SMILES string of the molecule is Nc1nc2nc[nH]c2c(=O)n1CCc1ccc2c(c1)OCO2. The minimum Gasteiger partial charge on any atom is -0.454 e. The first-order chi connectivity index (χ1) is 10.7. The fourth-order valence-electron chi connectivity index (χ4n) is 2.49. The number of benzene rings is 1. The molecule has 1 aromatic carbocycles. The van der Waals surface area contributed by atoms with E-state index in [1.54, 1.807) is 0 Å². The number of nitrogens with one attached hydrogen (secondary N) is 1. The van der Waals surface area contributed by atoms with E-state index >= 15 is 0 Å². The van der Waals surface area contributed by atoms with Gasteiger partial charge in [0, 0.05) is 6.54 Å². The fourth-order valence-corrected chi connectivity index (χ4v) is 2.49. The van der Waals surface area contributed by atoms with E-state index in [1.807, 2.05) is 18.2 Å². The molecule has 3 N–H and O–H groups in total. The van der Waals surface area contributed by atoms with Gasteiger partial charge in [-0.15, -0.1) is 0 Å². The number of hydrogen-bond acceptors (Lipinski definition) is 6. The molecule has 2 aromatic heterocycles. The molecule has 112 valence electrons. The van der Waals surface area contributed by atoms with Crippen molar-refractivity contribution >= 4 is 17.1 Å². The zero-order chi connectivity index (χ0) is 15.1. The van der Waals surface area contributed by atoms with Crippen LogP contribution in [0.4, 0.5) is 5.95 Å². The second-order valence-electron chi connectivity index (χ2n) is 4.97. The topological polar surface area (TPSA) is 108 Å². The number of nitrogen functional groups attached to an aromatic ring is 1. The zero-order valence-electron chi connectivity index (χ0n) is 11.6. The number of anilines is 1. The van der Waals surface area contributed by atoms with Gasteiger partial charge in [-0.2, -0.15) is 4.98 Å². The molecule has 8 nitrogen and oxygen atoms in total. The van der Waals surface area contributed by atoms with Crippen LogP contribution in [0.3, 0.4) is 0 Å². The number of imidazole rings is 1. The summed E-state index contributed by atoms with van der Waals surface area (Å²) in [6, 6.07) is 5.71. The third-order valence-electron chi connectivity index (χ3n) is 3.64. The maximum absolute atomic E-state index is 12.3. The summed E-state index contributed by atoms with van der Waals surface area (Å²) in [6.45, 7) is 0.665. The number of rotatable bonds is 3. The summed E-state index contributed by atoms with van der Waals surface area (Å²) in [5, 5.41) is 0. The third-order valence-corrected chi connectivity index (χ3v) is 3.64. The fraction of sp³-hybridized carbons (Fsp3) is 0.214. The largest absolute Gasteiger partial charge is 0.454 e. The molecule has 4 rings (SSSR count). The molecule has 0 aliphatic carbocycles. The number of nitrogens with two attached hydrogens (primary N) is 1. The van der Waals surface area contributed by atoms with E-state index in [0.717, 1.165) is 17.1 Å². The normalized spacial score (nSPS) is 12.9. The van der Waals surface area contributed by atoms with E-state index < -0.39 is 0 Å². The Morgan fingerprint density at radius 2 is 2.18 bits per heavy atom. The molecular weight excluding hydrogens is 286 g/mol. The highest BCUT2D eigenvalue weighted by atomic mass is 16.7. The Labute approximate surface area is 124 Å². The van der Waals surface area contributed by atoms with Crippen LogP contribution in [0.15, 0.2) is 29.3 Å². The van der Waals surface area contributed by atoms with E-state index in [-0.39, 0.29) is 18.3 Å². The van der Waals surface area contributed by atoms with E-state index in [1.165, 1.54) is 10.9 Å². The molecule has 0 atom stereocenters. The van der Waals surface area contributed by atoms with Gasteiger partial charge in [-0.3, -0.25) is 9.36 Å². The van der Waals surface area contributed by atoms with Crippen LogP contribution < -0.4 is 20.8 Å². The first kappa shape index (κ1) is 12.7. The molecule has 0 unspecified atom stereocenters. The van der Waals surface area contributed by atoms with Crippen LogP contribution in [0.5, 0.6) is 11.5 Å². The summed E-state index contributed by atoms with van der Waals surface area (Å²) in [4.78, 5) is 23.2. The van der Waals surface area contributed by atoms with Crippen LogP contribution in [0.25, 0.3) is 11.2 Å². The minimum absolute atomic E-state index is 0.158. The molecule has 0 saturated heterocycles. The summed E-state index contributed by atoms with van der Waals surface area (Å²) in [7, 11) is 0. The van der Waals surface area contributed by atoms with E-state index in [0.29, 0.717) is 24.1 Å². The Balaban J connectivity index is 1.63. The average Bonchev–Trinajstić information content (AvgIpc) is 3.14. The highest BCUT2D eigenvalue weighted by Crippen LogP contribution is 2.32. The predicted molar refractivity (Wildman–Crippen MR) is 78.8 cm³/mol. The Morgan fingerprint density at radius 3 is 3.09 bits per heavy atom. The highest BCUT2D eigenvalue weighted by Gasteiger charge is 2.14. The number of H-pyrrole nitrogens is 1. The maximum atomic E-state index is 12.3. The van der Waals surface area contributed by atoms with Crippen LogP contribution in [0, 0.1) is 0 Å². The van der Waals surface area contributed by atoms with Gasteiger partial charge in [0.1, 0.15) is 0 Å². The first-order valence-corrected chi connectivity index (χ1v) is 6.80. The number of fused-ring (bicyclic) bond motifs is 2. The van der Waals surface area contributed by atoms with Gasteiger partial charge in [-0.25, -0.2) is 4.98 Å². The quantitative estimate of drug-likeness (QED) is 0.736. The molecule has 1 aliphatic rings. The summed E-state index contributed by atoms with van der Waals surface area (Å²) in [5.41, 5.74) is 7.36. The number of aryl methyl sites for hydroxylation is 1. The molecule has 3 aromatic rings. The smallest absolute Gasteiger partial charge is 0.280 e. The van der Waals surface area contributed by atoms with Gasteiger partial charge >= 0.3 is 0 Å². The number of nitrogens with zero attached hydrogens (tertiary/aromatic N) is 3. The molecule has 0 saturated carbocycles. The van der Waals surface area contributed by atoms with Crippen molar-refractivity contribution in [3.05, 3.63) is 40.4 Å². The van der Waals surface area contributed by atoms with Gasteiger partial charge in [0.15, 0.2) is 22.7 Å². The van der Waals surface area contributed by atoms with Gasteiger partial charge in [0.25, 0.3) is 5.56 Å². The molecule has 0 spiro atoms. The van der Waals surface area contributed by atoms with Gasteiger partial charge in [-0.05, 0) is 24.1 Å². The van der Waals surface area contributed by atoms with Crippen LogP contribution in [-0.2, 0) is 13.0 Å². The monoisotopic (exact) mass is 299 g/mol. The second kappa shape index (κ2) is 4.76. The van der Waals surface area contributed by atoms with Crippen LogP contribution in [-0.4, -0.2) is 26.3 Å². The number of aromatic nitrogens is 4. The molecule has 0 fully saturated rings. The lowest BCUT2D eigenvalue weighted by Gasteiger charge is -2.09. The van der Waals surface area contributed by atoms with Crippen molar-refractivity contribution in [3.63, 3.8) is 0 Å². The van der Waals surface area contributed by atoms with Gasteiger partial charge in [0.05, 0.1) is 6.33 Å². The van der Waals surface area contributed by atoms with Crippen LogP contribution in [0.1, 0.15) is 5.56 Å². The molecule has 22 heavy (non-hydrogen) atoms. The lowest BCUT2D eigenvalue weighted by atomic mass is 10.1. The molecule has 1 aliphatic heterocycles. The summed E-state index contributed by atoms with van der Waals surface area (Å²) in [5.74, 6) is 1.62. The number of hydrogen-bond donors (Lipinski definition) is 2. The zero-order valence-corrected chi connectivity index (χ0v) is 11.6. The molecule has 0 amide bonds. The third kappa shape index (κ3) is 1.96. The lowest BCUT2D eigenvalue weighted by Crippen LogP contribution is -2.25. The summed E-state index contributed by atoms with van der Waals surface area (Å²) < 4.78 is 12.1. The second-order valence-corrected chi connectivity index (χ2v) is 4.97. The summed E-state index contributed by atoms with van der Waals surface area (Å²) >= 11 is 0. The van der Waals surface area contributed by atoms with Crippen molar-refractivity contribution in [1.82, 2.24) is 19.5 Å². The summed E-state index contributed by atoms with van der Waals surface area (Å²) in [6.07, 6.45) is 2.06. The predicted octanol–water partition coefficient (Wildman–Crippen LogP) is 0.673. The van der Waals surface area contributed by atoms with Crippen molar-refractivity contribution in [2.24, 2.45) is 0 Å². The molecule has 0 radical (unpaired) electrons. The lowest BCUT2D eigenvalue weighted by molar-refractivity contribution is 0.174. The van der Waals surface area contributed by atoms with Crippen molar-refractivity contribution < 1.29 is 9.47 Å². The minimum atomic E-state index is -0.222. The van der Waals surface area contributed by atoms with Crippen LogP contribution in [0.2, 0.25) is 0 Å². The van der Waals surface area contributed by atoms with E-state index in [9.17, 15) is 4.79 Å². The Bertz CT molecular complexity index is 914. The Kier molecular flexibility index (Phi) is 2.75.